The van der Waals surface area contributed by atoms with Gasteiger partial charge in [-0.1, -0.05) is 12.2 Å². The van der Waals surface area contributed by atoms with Crippen molar-refractivity contribution in [2.24, 2.45) is 0 Å². The molecule has 0 spiro atoms. The first kappa shape index (κ1) is 7.64. The first-order valence-electron chi connectivity index (χ1n) is 4.16. The third-order valence-corrected chi connectivity index (χ3v) is 2.56. The van der Waals surface area contributed by atoms with E-state index >= 15 is 0 Å². The fraction of sp³-hybridized carbons (Fsp3) is 0. The van der Waals surface area contributed by atoms with Crippen molar-refractivity contribution in [3.8, 4) is 0 Å². The van der Waals surface area contributed by atoms with Crippen LogP contribution < -0.4 is 0 Å². The summed E-state index contributed by atoms with van der Waals surface area (Å²) in [6.45, 7) is 0. The van der Waals surface area contributed by atoms with E-state index in [1.165, 1.54) is 6.33 Å². The summed E-state index contributed by atoms with van der Waals surface area (Å²) in [5.74, 6) is 0. The number of fused-ring (bicyclic) bond motifs is 3. The average Bonchev–Trinajstić information content (AvgIpc) is 2.66. The van der Waals surface area contributed by atoms with Crippen molar-refractivity contribution in [2.45, 2.75) is 0 Å². The molecule has 4 nitrogen and oxygen atoms in total. The maximum absolute atomic E-state index is 5.12. The van der Waals surface area contributed by atoms with Crippen molar-refractivity contribution >= 4 is 34.0 Å². The molecule has 0 aliphatic heterocycles. The minimum Gasteiger partial charge on any atom is -0.307 e. The number of rotatable bonds is 0. The van der Waals surface area contributed by atoms with Crippen LogP contribution in [-0.2, 0) is 0 Å². The van der Waals surface area contributed by atoms with Gasteiger partial charge in [0.05, 0.1) is 11.0 Å². The van der Waals surface area contributed by atoms with Crippen LogP contribution in [0.1, 0.15) is 0 Å². The molecule has 0 saturated carbocycles. The molecule has 0 fully saturated rings. The van der Waals surface area contributed by atoms with Crippen LogP contribution in [0.2, 0.25) is 0 Å². The van der Waals surface area contributed by atoms with Crippen LogP contribution in [0.5, 0.6) is 0 Å². The Morgan fingerprint density at radius 1 is 1.14 bits per heavy atom. The van der Waals surface area contributed by atoms with Crippen molar-refractivity contribution in [2.75, 3.05) is 0 Å². The van der Waals surface area contributed by atoms with Gasteiger partial charge in [-0.3, -0.25) is 0 Å². The second-order valence-corrected chi connectivity index (χ2v) is 3.40. The van der Waals surface area contributed by atoms with Crippen LogP contribution >= 0.6 is 12.2 Å². The van der Waals surface area contributed by atoms with Gasteiger partial charge in [-0.05, 0) is 12.1 Å². The number of benzene rings is 1. The highest BCUT2D eigenvalue weighted by atomic mass is 32.1. The molecule has 0 amide bonds. The molecule has 14 heavy (non-hydrogen) atoms. The molecule has 3 aromatic rings. The standard InChI is InChI=1S/C9H6N4S/c14-9-5-1-2-7-6(3-12-13-7)8(5)10-4-11-9/h1-4,12-13H. The predicted molar refractivity (Wildman–Crippen MR) is 56.6 cm³/mol. The van der Waals surface area contributed by atoms with Gasteiger partial charge in [-0.2, -0.15) is 0 Å². The zero-order valence-electron chi connectivity index (χ0n) is 7.11. The normalized spacial score (nSPS) is 11.1. The highest BCUT2D eigenvalue weighted by Crippen LogP contribution is 2.21. The first-order valence-corrected chi connectivity index (χ1v) is 4.56. The van der Waals surface area contributed by atoms with Gasteiger partial charge in [0.15, 0.2) is 0 Å². The van der Waals surface area contributed by atoms with Crippen molar-refractivity contribution in [1.82, 2.24) is 20.2 Å². The van der Waals surface area contributed by atoms with E-state index in [1.54, 1.807) is 0 Å². The van der Waals surface area contributed by atoms with Gasteiger partial charge in [0.2, 0.25) is 0 Å². The van der Waals surface area contributed by atoms with Crippen molar-refractivity contribution < 1.29 is 0 Å². The summed E-state index contributed by atoms with van der Waals surface area (Å²) in [6, 6.07) is 3.90. The smallest absolute Gasteiger partial charge is 0.137 e. The third-order valence-electron chi connectivity index (χ3n) is 2.23. The van der Waals surface area contributed by atoms with E-state index in [0.717, 1.165) is 21.8 Å². The van der Waals surface area contributed by atoms with E-state index in [4.69, 9.17) is 12.2 Å². The number of hydrogen-bond acceptors (Lipinski definition) is 3. The molecule has 2 aromatic heterocycles. The summed E-state index contributed by atoms with van der Waals surface area (Å²) < 4.78 is 0.595. The van der Waals surface area contributed by atoms with Crippen molar-refractivity contribution in [3.63, 3.8) is 0 Å². The minimum absolute atomic E-state index is 0.595. The van der Waals surface area contributed by atoms with Crippen LogP contribution in [0.15, 0.2) is 24.7 Å². The fourth-order valence-corrected chi connectivity index (χ4v) is 1.78. The number of nitrogens with one attached hydrogen (secondary N) is 2. The Morgan fingerprint density at radius 3 is 3.00 bits per heavy atom. The van der Waals surface area contributed by atoms with E-state index in [1.807, 2.05) is 18.3 Å². The molecule has 0 aliphatic rings. The molecule has 0 atom stereocenters. The number of nitrogens with zero attached hydrogens (tertiary/aromatic N) is 2. The Kier molecular flexibility index (Phi) is 1.43. The third kappa shape index (κ3) is 0.898. The lowest BCUT2D eigenvalue weighted by molar-refractivity contribution is 1.12. The maximum atomic E-state index is 5.12. The summed E-state index contributed by atoms with van der Waals surface area (Å²) in [5.41, 5.74) is 1.91. The fourth-order valence-electron chi connectivity index (χ4n) is 1.57. The van der Waals surface area contributed by atoms with Gasteiger partial charge in [0.1, 0.15) is 11.0 Å². The number of hydrogen-bond donors (Lipinski definition) is 2. The van der Waals surface area contributed by atoms with Crippen LogP contribution in [0.25, 0.3) is 21.8 Å². The summed E-state index contributed by atoms with van der Waals surface area (Å²) in [5, 5.41) is 7.90. The highest BCUT2D eigenvalue weighted by Gasteiger charge is 2.03. The number of aromatic amines is 2. The molecule has 3 rings (SSSR count). The molecule has 0 radical (unpaired) electrons. The van der Waals surface area contributed by atoms with E-state index < -0.39 is 0 Å². The van der Waals surface area contributed by atoms with E-state index in [-0.39, 0.29) is 0 Å². The van der Waals surface area contributed by atoms with Crippen LogP contribution in [-0.4, -0.2) is 20.2 Å². The van der Waals surface area contributed by atoms with E-state index in [0.29, 0.717) is 4.64 Å². The summed E-state index contributed by atoms with van der Waals surface area (Å²) in [7, 11) is 0. The Labute approximate surface area is 84.0 Å². The average molecular weight is 202 g/mol. The van der Waals surface area contributed by atoms with E-state index in [2.05, 4.69) is 20.2 Å². The zero-order chi connectivity index (χ0) is 9.54. The molecule has 0 bridgehead atoms. The molecule has 0 saturated heterocycles. The molecule has 0 aliphatic carbocycles. The first-order chi connectivity index (χ1) is 6.86. The van der Waals surface area contributed by atoms with E-state index in [9.17, 15) is 0 Å². The van der Waals surface area contributed by atoms with Gasteiger partial charge in [0.25, 0.3) is 0 Å². The van der Waals surface area contributed by atoms with Gasteiger partial charge < -0.3 is 10.2 Å². The Morgan fingerprint density at radius 2 is 2.07 bits per heavy atom. The quantitative estimate of drug-likeness (QED) is 0.549. The van der Waals surface area contributed by atoms with Gasteiger partial charge >= 0.3 is 0 Å². The molecule has 2 heterocycles. The molecule has 2 N–H and O–H groups in total. The van der Waals surface area contributed by atoms with Crippen LogP contribution in [0, 0.1) is 4.64 Å². The molecule has 0 unspecified atom stereocenters. The SMILES string of the molecule is S=c1ncnc2c1ccc1[nH][nH]cc12. The monoisotopic (exact) mass is 202 g/mol. The lowest BCUT2D eigenvalue weighted by Crippen LogP contribution is -1.83. The Balaban J connectivity index is 2.71. The van der Waals surface area contributed by atoms with Crippen LogP contribution in [0.3, 0.4) is 0 Å². The second-order valence-electron chi connectivity index (χ2n) is 3.02. The Bertz CT molecular complexity index is 667. The zero-order valence-corrected chi connectivity index (χ0v) is 7.93. The lowest BCUT2D eigenvalue weighted by Gasteiger charge is -1.96. The Hall–Kier alpha value is -1.75. The van der Waals surface area contributed by atoms with Gasteiger partial charge in [-0.25, -0.2) is 9.97 Å². The summed E-state index contributed by atoms with van der Waals surface area (Å²) in [6.07, 6.45) is 3.37. The maximum Gasteiger partial charge on any atom is 0.137 e. The number of aromatic nitrogens is 4. The lowest BCUT2D eigenvalue weighted by atomic mass is 10.2. The minimum atomic E-state index is 0.595. The summed E-state index contributed by atoms with van der Waals surface area (Å²) >= 11 is 5.12. The van der Waals surface area contributed by atoms with Gasteiger partial charge in [-0.15, -0.1) is 0 Å². The molecule has 5 heteroatoms. The number of H-pyrrole nitrogens is 2. The highest BCUT2D eigenvalue weighted by molar-refractivity contribution is 7.71. The summed E-state index contributed by atoms with van der Waals surface area (Å²) in [4.78, 5) is 8.21. The molecular weight excluding hydrogens is 196 g/mol. The second kappa shape index (κ2) is 2.62. The predicted octanol–water partition coefficient (Wildman–Crippen LogP) is 2.17. The topological polar surface area (TPSA) is 57.4 Å². The van der Waals surface area contributed by atoms with Crippen molar-refractivity contribution in [1.29, 1.82) is 0 Å². The largest absolute Gasteiger partial charge is 0.307 e. The molecule has 1 aromatic carbocycles. The molecular formula is C9H6N4S. The van der Waals surface area contributed by atoms with Gasteiger partial charge in [0, 0.05) is 17.0 Å². The van der Waals surface area contributed by atoms with Crippen molar-refractivity contribution in [3.05, 3.63) is 29.3 Å². The van der Waals surface area contributed by atoms with Crippen LogP contribution in [0.4, 0.5) is 0 Å². The molecule has 68 valence electrons.